The normalized spacial score (nSPS) is 18.9. The molecular formula is C18H17F3N2O3S. The first-order chi connectivity index (χ1) is 12.7. The molecule has 0 amide bonds. The highest BCUT2D eigenvalue weighted by atomic mass is 32.2. The minimum atomic E-state index is -4.49. The number of nitrogens with zero attached hydrogens (tertiary/aromatic N) is 2. The third-order valence-electron chi connectivity index (χ3n) is 4.05. The van der Waals surface area contributed by atoms with Gasteiger partial charge in [0.15, 0.2) is 0 Å². The number of pyridine rings is 1. The van der Waals surface area contributed by atoms with Gasteiger partial charge in [0.1, 0.15) is 6.10 Å². The highest BCUT2D eigenvalue weighted by Crippen LogP contribution is 2.31. The maximum absolute atomic E-state index is 12.7. The Morgan fingerprint density at radius 2 is 1.93 bits per heavy atom. The average molecular weight is 398 g/mol. The Hall–Kier alpha value is -2.39. The van der Waals surface area contributed by atoms with Gasteiger partial charge in [0.25, 0.3) is 0 Å². The van der Waals surface area contributed by atoms with Crippen molar-refractivity contribution < 1.29 is 26.3 Å². The molecule has 1 atom stereocenters. The summed E-state index contributed by atoms with van der Waals surface area (Å²) >= 11 is 0. The Kier molecular flexibility index (Phi) is 5.52. The van der Waals surface area contributed by atoms with E-state index >= 15 is 0 Å². The predicted octanol–water partition coefficient (Wildman–Crippen LogP) is 3.55. The second kappa shape index (κ2) is 7.69. The van der Waals surface area contributed by atoms with Crippen LogP contribution < -0.4 is 4.74 Å². The van der Waals surface area contributed by atoms with Gasteiger partial charge in [-0.2, -0.15) is 17.5 Å². The topological polar surface area (TPSA) is 59.5 Å². The molecule has 5 nitrogen and oxygen atoms in total. The van der Waals surface area contributed by atoms with E-state index in [0.717, 1.165) is 29.3 Å². The molecule has 9 heteroatoms. The number of ether oxygens (including phenoxy) is 1. The van der Waals surface area contributed by atoms with Crippen molar-refractivity contribution in [1.82, 2.24) is 9.29 Å². The zero-order valence-electron chi connectivity index (χ0n) is 14.1. The molecule has 1 aromatic carbocycles. The van der Waals surface area contributed by atoms with Crippen LogP contribution in [0.5, 0.6) is 5.88 Å². The quantitative estimate of drug-likeness (QED) is 0.773. The molecule has 1 aliphatic rings. The zero-order chi connectivity index (χ0) is 19.5. The van der Waals surface area contributed by atoms with Crippen molar-refractivity contribution >= 4 is 16.1 Å². The van der Waals surface area contributed by atoms with Crippen molar-refractivity contribution in [3.05, 3.63) is 65.2 Å². The largest absolute Gasteiger partial charge is 0.473 e. The molecule has 0 N–H and O–H groups in total. The minimum Gasteiger partial charge on any atom is -0.473 e. The summed E-state index contributed by atoms with van der Waals surface area (Å²) < 4.78 is 69.8. The summed E-state index contributed by atoms with van der Waals surface area (Å²) in [5, 5.41) is 1.12. The summed E-state index contributed by atoms with van der Waals surface area (Å²) in [7, 11) is -3.64. The molecule has 0 unspecified atom stereocenters. The molecule has 0 radical (unpaired) electrons. The van der Waals surface area contributed by atoms with Gasteiger partial charge in [0.2, 0.25) is 15.9 Å². The molecule has 0 bridgehead atoms. The number of rotatable bonds is 5. The highest BCUT2D eigenvalue weighted by Gasteiger charge is 2.33. The number of halogens is 3. The van der Waals surface area contributed by atoms with Gasteiger partial charge in [-0.3, -0.25) is 0 Å². The van der Waals surface area contributed by atoms with Crippen LogP contribution in [0.2, 0.25) is 0 Å². The van der Waals surface area contributed by atoms with Gasteiger partial charge in [-0.15, -0.1) is 0 Å². The molecule has 0 spiro atoms. The smallest absolute Gasteiger partial charge is 0.416 e. The molecule has 1 fully saturated rings. The van der Waals surface area contributed by atoms with Crippen LogP contribution in [0.25, 0.3) is 6.08 Å². The van der Waals surface area contributed by atoms with Gasteiger partial charge in [0, 0.05) is 24.2 Å². The fourth-order valence-corrected chi connectivity index (χ4v) is 3.90. The number of hydrogen-bond acceptors (Lipinski definition) is 4. The third kappa shape index (κ3) is 5.08. The van der Waals surface area contributed by atoms with Gasteiger partial charge in [-0.25, -0.2) is 13.4 Å². The van der Waals surface area contributed by atoms with Crippen LogP contribution in [0.15, 0.2) is 54.1 Å². The van der Waals surface area contributed by atoms with Crippen LogP contribution in [0.3, 0.4) is 0 Å². The van der Waals surface area contributed by atoms with E-state index in [1.807, 2.05) is 6.07 Å². The van der Waals surface area contributed by atoms with Gasteiger partial charge in [0.05, 0.1) is 12.1 Å². The van der Waals surface area contributed by atoms with Gasteiger partial charge >= 0.3 is 6.18 Å². The number of alkyl halides is 3. The summed E-state index contributed by atoms with van der Waals surface area (Å²) in [5.74, 6) is -0.172. The molecule has 2 aromatic rings. The van der Waals surface area contributed by atoms with Crippen molar-refractivity contribution in [3.8, 4) is 5.88 Å². The lowest BCUT2D eigenvalue weighted by Crippen LogP contribution is -2.29. The van der Waals surface area contributed by atoms with E-state index in [1.54, 1.807) is 24.3 Å². The van der Waals surface area contributed by atoms with Crippen LogP contribution >= 0.6 is 0 Å². The first kappa shape index (κ1) is 19.4. The lowest BCUT2D eigenvalue weighted by atomic mass is 10.2. The monoisotopic (exact) mass is 398 g/mol. The van der Waals surface area contributed by atoms with Crippen molar-refractivity contribution in [1.29, 1.82) is 0 Å². The molecule has 2 heterocycles. The van der Waals surface area contributed by atoms with E-state index in [-0.39, 0.29) is 19.0 Å². The standard InChI is InChI=1S/C18H17F3N2O3S/c19-18(20,21)15-6-9-22-17(12-15)26-16-7-10-23(13-16)27(24,25)11-8-14-4-2-1-3-5-14/h1-6,8-9,11-12,16H,7,10,13H2/b11-8+/t16-/m1/s1. The maximum atomic E-state index is 12.7. The van der Waals surface area contributed by atoms with E-state index in [1.165, 1.54) is 10.4 Å². The van der Waals surface area contributed by atoms with Crippen LogP contribution in [0.1, 0.15) is 17.5 Å². The predicted molar refractivity (Wildman–Crippen MR) is 94.2 cm³/mol. The number of hydrogen-bond donors (Lipinski definition) is 0. The van der Waals surface area contributed by atoms with Crippen molar-refractivity contribution in [2.75, 3.05) is 13.1 Å². The van der Waals surface area contributed by atoms with E-state index in [0.29, 0.717) is 6.42 Å². The molecule has 144 valence electrons. The number of benzene rings is 1. The van der Waals surface area contributed by atoms with Crippen LogP contribution in [0.4, 0.5) is 13.2 Å². The Morgan fingerprint density at radius 1 is 1.19 bits per heavy atom. The summed E-state index contributed by atoms with van der Waals surface area (Å²) in [4.78, 5) is 3.78. The van der Waals surface area contributed by atoms with Crippen LogP contribution in [0, 0.1) is 0 Å². The molecule has 1 saturated heterocycles. The minimum absolute atomic E-state index is 0.0549. The summed E-state index contributed by atoms with van der Waals surface area (Å²) in [6.07, 6.45) is -2.16. The summed E-state index contributed by atoms with van der Waals surface area (Å²) in [5.41, 5.74) is -0.109. The van der Waals surface area contributed by atoms with Gasteiger partial charge in [-0.1, -0.05) is 30.3 Å². The molecule has 1 aliphatic heterocycles. The van der Waals surface area contributed by atoms with Crippen molar-refractivity contribution in [2.24, 2.45) is 0 Å². The average Bonchev–Trinajstić information content (AvgIpc) is 3.10. The van der Waals surface area contributed by atoms with E-state index in [2.05, 4.69) is 4.98 Å². The summed E-state index contributed by atoms with van der Waals surface area (Å²) in [6.45, 7) is 0.282. The number of sulfonamides is 1. The van der Waals surface area contributed by atoms with Gasteiger partial charge < -0.3 is 4.74 Å². The Labute approximate surface area is 155 Å². The van der Waals surface area contributed by atoms with E-state index < -0.39 is 27.9 Å². The molecule has 27 heavy (non-hydrogen) atoms. The molecule has 0 aliphatic carbocycles. The van der Waals surface area contributed by atoms with Crippen molar-refractivity contribution in [2.45, 2.75) is 18.7 Å². The Balaban J connectivity index is 1.64. The van der Waals surface area contributed by atoms with Crippen LogP contribution in [-0.4, -0.2) is 36.9 Å². The first-order valence-corrected chi connectivity index (χ1v) is 9.67. The lowest BCUT2D eigenvalue weighted by molar-refractivity contribution is -0.137. The molecule has 0 saturated carbocycles. The molecular weight excluding hydrogens is 381 g/mol. The first-order valence-electron chi connectivity index (χ1n) is 8.17. The number of aromatic nitrogens is 1. The highest BCUT2D eigenvalue weighted by molar-refractivity contribution is 7.92. The third-order valence-corrected chi connectivity index (χ3v) is 5.58. The summed E-state index contributed by atoms with van der Waals surface area (Å²) in [6, 6.07) is 10.7. The fourth-order valence-electron chi connectivity index (χ4n) is 2.66. The van der Waals surface area contributed by atoms with E-state index in [9.17, 15) is 21.6 Å². The SMILES string of the molecule is O=S(=O)(/C=C/c1ccccc1)N1CC[C@@H](Oc2cc(C(F)(F)F)ccn2)C1. The van der Waals surface area contributed by atoms with E-state index in [4.69, 9.17) is 4.74 Å². The lowest BCUT2D eigenvalue weighted by Gasteiger charge is -2.15. The second-order valence-electron chi connectivity index (χ2n) is 6.03. The van der Waals surface area contributed by atoms with Crippen molar-refractivity contribution in [3.63, 3.8) is 0 Å². The Morgan fingerprint density at radius 3 is 2.63 bits per heavy atom. The fraction of sp³-hybridized carbons (Fsp3) is 0.278. The van der Waals surface area contributed by atoms with Crippen LogP contribution in [-0.2, 0) is 16.2 Å². The molecule has 1 aromatic heterocycles. The maximum Gasteiger partial charge on any atom is 0.416 e. The second-order valence-corrected chi connectivity index (χ2v) is 7.84. The zero-order valence-corrected chi connectivity index (χ0v) is 14.9. The molecule has 3 rings (SSSR count). The van der Waals surface area contributed by atoms with Gasteiger partial charge in [-0.05, 0) is 24.1 Å². The Bertz CT molecular complexity index is 915.